The van der Waals surface area contributed by atoms with Gasteiger partial charge in [0.1, 0.15) is 17.5 Å². The number of benzene rings is 2. The molecule has 0 aliphatic rings. The van der Waals surface area contributed by atoms with Gasteiger partial charge in [0.2, 0.25) is 0 Å². The average Bonchev–Trinajstić information content (AvgIpc) is 3.11. The van der Waals surface area contributed by atoms with Crippen molar-refractivity contribution < 1.29 is 13.6 Å². The number of hydrogen-bond acceptors (Lipinski definition) is 2. The molecule has 4 nitrogen and oxygen atoms in total. The maximum Gasteiger partial charge on any atom is 0.254 e. The molecule has 29 heavy (non-hydrogen) atoms. The summed E-state index contributed by atoms with van der Waals surface area (Å²) in [6, 6.07) is 10.0. The molecule has 0 aliphatic carbocycles. The van der Waals surface area contributed by atoms with E-state index in [4.69, 9.17) is 11.6 Å². The van der Waals surface area contributed by atoms with E-state index in [0.717, 1.165) is 0 Å². The largest absolute Gasteiger partial charge is 0.331 e. The number of rotatable bonds is 7. The molecule has 1 amide bonds. The van der Waals surface area contributed by atoms with E-state index < -0.39 is 11.6 Å². The molecule has 1 heterocycles. The number of nitrogens with zero attached hydrogens (tertiary/aromatic N) is 3. The Morgan fingerprint density at radius 3 is 2.55 bits per heavy atom. The Bertz CT molecular complexity index is 966. The highest BCUT2D eigenvalue weighted by molar-refractivity contribution is 6.31. The summed E-state index contributed by atoms with van der Waals surface area (Å²) in [6.45, 7) is 4.98. The summed E-state index contributed by atoms with van der Waals surface area (Å²) in [6.07, 6.45) is 3.34. The number of amides is 1. The van der Waals surface area contributed by atoms with Gasteiger partial charge in [0.25, 0.3) is 5.91 Å². The van der Waals surface area contributed by atoms with Gasteiger partial charge in [-0.1, -0.05) is 31.5 Å². The maximum absolute atomic E-state index is 14.2. The summed E-state index contributed by atoms with van der Waals surface area (Å²) < 4.78 is 29.2. The lowest BCUT2D eigenvalue weighted by Crippen LogP contribution is -2.34. The highest BCUT2D eigenvalue weighted by Crippen LogP contribution is 2.21. The first-order chi connectivity index (χ1) is 13.8. The number of halogens is 3. The monoisotopic (exact) mass is 417 g/mol. The third-order valence-electron chi connectivity index (χ3n) is 4.49. The van der Waals surface area contributed by atoms with Crippen LogP contribution >= 0.6 is 11.6 Å². The highest BCUT2D eigenvalue weighted by Gasteiger charge is 2.20. The van der Waals surface area contributed by atoms with Crippen LogP contribution < -0.4 is 0 Å². The van der Waals surface area contributed by atoms with Crippen LogP contribution in [0.25, 0.3) is 0 Å². The smallest absolute Gasteiger partial charge is 0.254 e. The van der Waals surface area contributed by atoms with Crippen LogP contribution in [0, 0.1) is 17.6 Å². The summed E-state index contributed by atoms with van der Waals surface area (Å²) in [4.78, 5) is 19.0. The minimum absolute atomic E-state index is 0.209. The van der Waals surface area contributed by atoms with Crippen LogP contribution in [-0.2, 0) is 13.1 Å². The van der Waals surface area contributed by atoms with Crippen molar-refractivity contribution in [2.75, 3.05) is 6.54 Å². The Morgan fingerprint density at radius 1 is 1.17 bits per heavy atom. The maximum atomic E-state index is 14.2. The van der Waals surface area contributed by atoms with Gasteiger partial charge in [-0.2, -0.15) is 0 Å². The minimum Gasteiger partial charge on any atom is -0.331 e. The second kappa shape index (κ2) is 9.18. The zero-order valence-electron chi connectivity index (χ0n) is 16.3. The molecule has 3 rings (SSSR count). The lowest BCUT2D eigenvalue weighted by Gasteiger charge is -2.25. The molecule has 1 aromatic heterocycles. The van der Waals surface area contributed by atoms with Crippen LogP contribution in [0.15, 0.2) is 54.9 Å². The number of carbonyl (C=O) groups excluding carboxylic acids is 1. The Morgan fingerprint density at radius 2 is 1.90 bits per heavy atom. The standard InChI is InChI=1S/C22H22ClF2N3O/c1-15(2)12-28(22(29)16-6-8-17(24)9-7-16)14-21-26-10-11-27(21)13-18-19(23)4-3-5-20(18)25/h3-11,15H,12-14H2,1-2H3. The third-order valence-corrected chi connectivity index (χ3v) is 4.84. The molecule has 0 unspecified atom stereocenters. The second-order valence-electron chi connectivity index (χ2n) is 7.26. The molecular formula is C22H22ClF2N3O. The Labute approximate surface area is 173 Å². The first-order valence-corrected chi connectivity index (χ1v) is 9.70. The van der Waals surface area contributed by atoms with Gasteiger partial charge in [0, 0.05) is 35.1 Å². The van der Waals surface area contributed by atoms with Crippen LogP contribution in [0.3, 0.4) is 0 Å². The first kappa shape index (κ1) is 21.0. The summed E-state index contributed by atoms with van der Waals surface area (Å²) in [5, 5.41) is 0.339. The molecule has 0 N–H and O–H groups in total. The SMILES string of the molecule is CC(C)CN(Cc1nccn1Cc1c(F)cccc1Cl)C(=O)c1ccc(F)cc1. The molecule has 3 aromatic rings. The van der Waals surface area contributed by atoms with Crippen LogP contribution in [0.2, 0.25) is 5.02 Å². The van der Waals surface area contributed by atoms with E-state index in [0.29, 0.717) is 28.5 Å². The lowest BCUT2D eigenvalue weighted by atomic mass is 10.1. The predicted octanol–water partition coefficient (Wildman–Crippen LogP) is 5.16. The highest BCUT2D eigenvalue weighted by atomic mass is 35.5. The second-order valence-corrected chi connectivity index (χ2v) is 7.67. The van der Waals surface area contributed by atoms with Crippen molar-refractivity contribution in [3.63, 3.8) is 0 Å². The van der Waals surface area contributed by atoms with E-state index in [1.807, 2.05) is 13.8 Å². The van der Waals surface area contributed by atoms with Gasteiger partial charge in [-0.05, 0) is 42.3 Å². The molecule has 0 bridgehead atoms. The molecular weight excluding hydrogens is 396 g/mol. The van der Waals surface area contributed by atoms with Gasteiger partial charge in [-0.25, -0.2) is 13.8 Å². The lowest BCUT2D eigenvalue weighted by molar-refractivity contribution is 0.0716. The van der Waals surface area contributed by atoms with Gasteiger partial charge in [0.15, 0.2) is 0 Å². The average molecular weight is 418 g/mol. The fourth-order valence-electron chi connectivity index (χ4n) is 3.10. The zero-order valence-corrected chi connectivity index (χ0v) is 17.0. The quantitative estimate of drug-likeness (QED) is 0.532. The fourth-order valence-corrected chi connectivity index (χ4v) is 3.32. The van der Waals surface area contributed by atoms with Crippen LogP contribution in [0.1, 0.15) is 35.6 Å². The van der Waals surface area contributed by atoms with Crippen molar-refractivity contribution >= 4 is 17.5 Å². The van der Waals surface area contributed by atoms with E-state index in [1.165, 1.54) is 30.3 Å². The van der Waals surface area contributed by atoms with Crippen molar-refractivity contribution in [3.05, 3.63) is 88.5 Å². The summed E-state index contributed by atoms with van der Waals surface area (Å²) in [7, 11) is 0. The van der Waals surface area contributed by atoms with Crippen molar-refractivity contribution in [2.24, 2.45) is 5.92 Å². The summed E-state index contributed by atoms with van der Waals surface area (Å²) in [5.74, 6) is -0.158. The number of aromatic nitrogens is 2. The van der Waals surface area contributed by atoms with E-state index in [1.54, 1.807) is 34.0 Å². The van der Waals surface area contributed by atoms with Crippen LogP contribution in [0.4, 0.5) is 8.78 Å². The summed E-state index contributed by atoms with van der Waals surface area (Å²) >= 11 is 6.15. The molecule has 0 aliphatic heterocycles. The van der Waals surface area contributed by atoms with Crippen molar-refractivity contribution in [2.45, 2.75) is 26.9 Å². The molecule has 0 saturated heterocycles. The van der Waals surface area contributed by atoms with E-state index in [-0.39, 0.29) is 24.9 Å². The Kier molecular flexibility index (Phi) is 6.64. The van der Waals surface area contributed by atoms with E-state index in [9.17, 15) is 13.6 Å². The van der Waals surface area contributed by atoms with E-state index in [2.05, 4.69) is 4.98 Å². The molecule has 0 radical (unpaired) electrons. The third kappa shape index (κ3) is 5.21. The van der Waals surface area contributed by atoms with Gasteiger partial charge in [0.05, 0.1) is 13.1 Å². The molecule has 2 aromatic carbocycles. The fraction of sp³-hybridized carbons (Fsp3) is 0.273. The minimum atomic E-state index is -0.394. The van der Waals surface area contributed by atoms with Gasteiger partial charge in [-0.3, -0.25) is 4.79 Å². The van der Waals surface area contributed by atoms with Crippen molar-refractivity contribution in [3.8, 4) is 0 Å². The van der Waals surface area contributed by atoms with Gasteiger partial charge in [-0.15, -0.1) is 0 Å². The Hall–Kier alpha value is -2.73. The van der Waals surface area contributed by atoms with E-state index >= 15 is 0 Å². The van der Waals surface area contributed by atoms with Crippen molar-refractivity contribution in [1.29, 1.82) is 0 Å². The topological polar surface area (TPSA) is 38.1 Å². The zero-order chi connectivity index (χ0) is 21.0. The Balaban J connectivity index is 1.84. The van der Waals surface area contributed by atoms with Crippen LogP contribution in [-0.4, -0.2) is 26.9 Å². The number of carbonyl (C=O) groups is 1. The normalized spacial score (nSPS) is 11.1. The molecule has 0 spiro atoms. The number of hydrogen-bond donors (Lipinski definition) is 0. The number of imidazole rings is 1. The summed E-state index contributed by atoms with van der Waals surface area (Å²) in [5.41, 5.74) is 0.774. The van der Waals surface area contributed by atoms with Gasteiger partial charge < -0.3 is 9.47 Å². The molecule has 0 atom stereocenters. The van der Waals surface area contributed by atoms with Crippen molar-refractivity contribution in [1.82, 2.24) is 14.5 Å². The molecule has 0 saturated carbocycles. The van der Waals surface area contributed by atoms with Gasteiger partial charge >= 0.3 is 0 Å². The predicted molar refractivity (Wildman–Crippen MR) is 109 cm³/mol. The molecule has 7 heteroatoms. The molecule has 0 fully saturated rings. The molecule has 152 valence electrons. The first-order valence-electron chi connectivity index (χ1n) is 9.33. The van der Waals surface area contributed by atoms with Crippen LogP contribution in [0.5, 0.6) is 0 Å².